The summed E-state index contributed by atoms with van der Waals surface area (Å²) in [6.45, 7) is 3.53. The molecule has 0 aliphatic heterocycles. The molecule has 0 aliphatic rings. The normalized spacial score (nSPS) is 9.77. The van der Waals surface area contributed by atoms with Gasteiger partial charge >= 0.3 is 0 Å². The molecule has 0 amide bonds. The summed E-state index contributed by atoms with van der Waals surface area (Å²) in [6.07, 6.45) is 0. The van der Waals surface area contributed by atoms with Gasteiger partial charge in [0.15, 0.2) is 0 Å². The van der Waals surface area contributed by atoms with E-state index in [1.807, 2.05) is 6.92 Å². The van der Waals surface area contributed by atoms with Crippen LogP contribution in [0.15, 0.2) is 18.2 Å². The fraction of sp³-hybridized carbons (Fsp3) is 0.300. The molecule has 0 saturated heterocycles. The van der Waals surface area contributed by atoms with Crippen molar-refractivity contribution in [1.82, 2.24) is 0 Å². The van der Waals surface area contributed by atoms with Crippen LogP contribution in [0.4, 0.5) is 10.1 Å². The quantitative estimate of drug-likeness (QED) is 0.774. The van der Waals surface area contributed by atoms with E-state index in [1.54, 1.807) is 6.07 Å². The monoisotopic (exact) mass is 181 g/mol. The van der Waals surface area contributed by atoms with Gasteiger partial charge in [-0.05, 0) is 37.6 Å². The van der Waals surface area contributed by atoms with Gasteiger partial charge in [-0.15, -0.1) is 0 Å². The smallest absolute Gasteiger partial charge is 0.148 e. The molecule has 0 aromatic heterocycles. The third-order valence-corrected chi connectivity index (χ3v) is 1.58. The number of Topliss-reactive ketones (excluding diaryl/α,β-unsaturated/α-hetero) is 1. The SMILES string of the molecule is CC(=O)CNc1cc(C)cc(F)c1. The maximum atomic E-state index is 12.8. The predicted molar refractivity (Wildman–Crippen MR) is 50.3 cm³/mol. The molecular formula is C10H12FNO. The lowest BCUT2D eigenvalue weighted by molar-refractivity contribution is -0.115. The number of ketones is 1. The number of nitrogens with one attached hydrogen (secondary N) is 1. The van der Waals surface area contributed by atoms with Crippen molar-refractivity contribution in [2.75, 3.05) is 11.9 Å². The second-order valence-electron chi connectivity index (χ2n) is 3.07. The van der Waals surface area contributed by atoms with Crippen LogP contribution in [0.1, 0.15) is 12.5 Å². The first-order valence-corrected chi connectivity index (χ1v) is 4.08. The van der Waals surface area contributed by atoms with Gasteiger partial charge in [-0.3, -0.25) is 4.79 Å². The first-order chi connectivity index (χ1) is 6.08. The summed E-state index contributed by atoms with van der Waals surface area (Å²) in [7, 11) is 0. The van der Waals surface area contributed by atoms with Gasteiger partial charge in [-0.1, -0.05) is 0 Å². The second-order valence-corrected chi connectivity index (χ2v) is 3.07. The van der Waals surface area contributed by atoms with Gasteiger partial charge in [-0.2, -0.15) is 0 Å². The summed E-state index contributed by atoms with van der Waals surface area (Å²) in [5, 5.41) is 2.84. The molecule has 2 nitrogen and oxygen atoms in total. The maximum absolute atomic E-state index is 12.8. The lowest BCUT2D eigenvalue weighted by Crippen LogP contribution is -2.09. The fourth-order valence-electron chi connectivity index (χ4n) is 1.06. The van der Waals surface area contributed by atoms with E-state index in [9.17, 15) is 9.18 Å². The highest BCUT2D eigenvalue weighted by molar-refractivity contribution is 5.80. The third-order valence-electron chi connectivity index (χ3n) is 1.58. The molecule has 0 radical (unpaired) electrons. The molecule has 0 aliphatic carbocycles. The Morgan fingerprint density at radius 2 is 2.15 bits per heavy atom. The number of benzene rings is 1. The van der Waals surface area contributed by atoms with Crippen molar-refractivity contribution in [2.24, 2.45) is 0 Å². The van der Waals surface area contributed by atoms with Crippen molar-refractivity contribution < 1.29 is 9.18 Å². The van der Waals surface area contributed by atoms with E-state index in [4.69, 9.17) is 0 Å². The standard InChI is InChI=1S/C10H12FNO/c1-7-3-9(11)5-10(4-7)12-6-8(2)13/h3-5,12H,6H2,1-2H3. The van der Waals surface area contributed by atoms with Crippen LogP contribution in [-0.4, -0.2) is 12.3 Å². The zero-order valence-corrected chi connectivity index (χ0v) is 7.73. The zero-order chi connectivity index (χ0) is 9.84. The van der Waals surface area contributed by atoms with E-state index in [0.29, 0.717) is 5.69 Å². The first kappa shape index (κ1) is 9.71. The van der Waals surface area contributed by atoms with Crippen LogP contribution in [0.2, 0.25) is 0 Å². The molecule has 1 aromatic rings. The number of aryl methyl sites for hydroxylation is 1. The molecule has 13 heavy (non-hydrogen) atoms. The Morgan fingerprint density at radius 3 is 2.69 bits per heavy atom. The molecule has 0 fully saturated rings. The number of carbonyl (C=O) groups excluding carboxylic acids is 1. The molecule has 0 spiro atoms. The molecule has 70 valence electrons. The largest absolute Gasteiger partial charge is 0.378 e. The molecule has 3 heteroatoms. The highest BCUT2D eigenvalue weighted by Gasteiger charge is 1.98. The Morgan fingerprint density at radius 1 is 1.46 bits per heavy atom. The predicted octanol–water partition coefficient (Wildman–Crippen LogP) is 2.14. The van der Waals surface area contributed by atoms with Crippen LogP contribution >= 0.6 is 0 Å². The molecule has 0 heterocycles. The first-order valence-electron chi connectivity index (χ1n) is 4.08. The minimum absolute atomic E-state index is 0.0296. The lowest BCUT2D eigenvalue weighted by Gasteiger charge is -2.04. The van der Waals surface area contributed by atoms with Crippen molar-refractivity contribution in [1.29, 1.82) is 0 Å². The Hall–Kier alpha value is -1.38. The van der Waals surface area contributed by atoms with Crippen molar-refractivity contribution in [3.8, 4) is 0 Å². The van der Waals surface area contributed by atoms with Gasteiger partial charge < -0.3 is 5.32 Å². The van der Waals surface area contributed by atoms with E-state index in [2.05, 4.69) is 5.32 Å². The minimum atomic E-state index is -0.286. The Balaban J connectivity index is 2.71. The Kier molecular flexibility index (Phi) is 3.01. The zero-order valence-electron chi connectivity index (χ0n) is 7.73. The second kappa shape index (κ2) is 4.03. The minimum Gasteiger partial charge on any atom is -0.378 e. The third kappa shape index (κ3) is 3.23. The number of carbonyl (C=O) groups is 1. The van der Waals surface area contributed by atoms with Crippen LogP contribution in [0.25, 0.3) is 0 Å². The molecule has 0 atom stereocenters. The van der Waals surface area contributed by atoms with E-state index < -0.39 is 0 Å². The van der Waals surface area contributed by atoms with Gasteiger partial charge in [-0.25, -0.2) is 4.39 Å². The van der Waals surface area contributed by atoms with Crippen LogP contribution in [0.5, 0.6) is 0 Å². The highest BCUT2D eigenvalue weighted by Crippen LogP contribution is 2.12. The summed E-state index contributed by atoms with van der Waals surface area (Å²) >= 11 is 0. The number of hydrogen-bond acceptors (Lipinski definition) is 2. The van der Waals surface area contributed by atoms with Gasteiger partial charge in [0, 0.05) is 5.69 Å². The summed E-state index contributed by atoms with van der Waals surface area (Å²) in [5.41, 5.74) is 1.48. The maximum Gasteiger partial charge on any atom is 0.148 e. The lowest BCUT2D eigenvalue weighted by atomic mass is 10.2. The molecule has 1 N–H and O–H groups in total. The molecule has 1 rings (SSSR count). The number of halogens is 1. The average molecular weight is 181 g/mol. The Bertz CT molecular complexity index is 302. The molecular weight excluding hydrogens is 169 g/mol. The molecule has 0 bridgehead atoms. The van der Waals surface area contributed by atoms with E-state index >= 15 is 0 Å². The number of anilines is 1. The molecule has 0 saturated carbocycles. The molecule has 1 aromatic carbocycles. The number of hydrogen-bond donors (Lipinski definition) is 1. The van der Waals surface area contributed by atoms with Crippen LogP contribution in [0, 0.1) is 12.7 Å². The average Bonchev–Trinajstić information content (AvgIpc) is 1.99. The van der Waals surface area contributed by atoms with Gasteiger partial charge in [0.05, 0.1) is 6.54 Å². The summed E-state index contributed by atoms with van der Waals surface area (Å²) in [4.78, 5) is 10.6. The van der Waals surface area contributed by atoms with Gasteiger partial charge in [0.25, 0.3) is 0 Å². The molecule has 0 unspecified atom stereocenters. The van der Waals surface area contributed by atoms with Crippen LogP contribution in [0.3, 0.4) is 0 Å². The summed E-state index contributed by atoms with van der Waals surface area (Å²) in [5.74, 6) is -0.257. The van der Waals surface area contributed by atoms with E-state index in [0.717, 1.165) is 5.56 Å². The van der Waals surface area contributed by atoms with Gasteiger partial charge in [0.1, 0.15) is 11.6 Å². The van der Waals surface area contributed by atoms with E-state index in [1.165, 1.54) is 19.1 Å². The van der Waals surface area contributed by atoms with Crippen molar-refractivity contribution >= 4 is 11.5 Å². The van der Waals surface area contributed by atoms with Gasteiger partial charge in [0.2, 0.25) is 0 Å². The summed E-state index contributed by atoms with van der Waals surface area (Å²) < 4.78 is 12.8. The van der Waals surface area contributed by atoms with Crippen LogP contribution in [-0.2, 0) is 4.79 Å². The van der Waals surface area contributed by atoms with E-state index in [-0.39, 0.29) is 18.1 Å². The van der Waals surface area contributed by atoms with Crippen molar-refractivity contribution in [3.63, 3.8) is 0 Å². The summed E-state index contributed by atoms with van der Waals surface area (Å²) in [6, 6.07) is 4.61. The Labute approximate surface area is 76.8 Å². The van der Waals surface area contributed by atoms with Crippen molar-refractivity contribution in [2.45, 2.75) is 13.8 Å². The number of rotatable bonds is 3. The highest BCUT2D eigenvalue weighted by atomic mass is 19.1. The topological polar surface area (TPSA) is 29.1 Å². The van der Waals surface area contributed by atoms with Crippen molar-refractivity contribution in [3.05, 3.63) is 29.6 Å². The van der Waals surface area contributed by atoms with Crippen LogP contribution < -0.4 is 5.32 Å². The fourth-order valence-corrected chi connectivity index (χ4v) is 1.06.